The molecule has 3 aromatic rings. The number of unbranched alkanes of at least 4 members (excludes halogenated alkanes) is 1. The molecule has 25 heavy (non-hydrogen) atoms. The first kappa shape index (κ1) is 17.1. The summed E-state index contributed by atoms with van der Waals surface area (Å²) in [4.78, 5) is 12.6. The first-order valence-corrected chi connectivity index (χ1v) is 7.93. The van der Waals surface area contributed by atoms with Crippen LogP contribution in [0.1, 0.15) is 19.8 Å². The van der Waals surface area contributed by atoms with Gasteiger partial charge >= 0.3 is 0 Å². The van der Waals surface area contributed by atoms with Gasteiger partial charge in [-0.1, -0.05) is 13.3 Å². The Morgan fingerprint density at radius 3 is 2.36 bits per heavy atom. The van der Waals surface area contributed by atoms with Crippen LogP contribution in [0.15, 0.2) is 41.3 Å². The molecule has 1 N–H and O–H groups in total. The van der Waals surface area contributed by atoms with Crippen LogP contribution in [0.3, 0.4) is 0 Å². The largest absolute Gasteiger partial charge is 0.508 e. The van der Waals surface area contributed by atoms with Crippen molar-refractivity contribution in [2.75, 3.05) is 0 Å². The zero-order valence-corrected chi connectivity index (χ0v) is 13.5. The second-order valence-electron chi connectivity index (χ2n) is 5.88. The molecule has 0 spiro atoms. The fraction of sp³-hybridized carbons (Fsp3) is 0.211. The van der Waals surface area contributed by atoms with Gasteiger partial charge in [0.05, 0.1) is 0 Å². The summed E-state index contributed by atoms with van der Waals surface area (Å²) in [5.41, 5.74) is 0.187. The van der Waals surface area contributed by atoms with Crippen molar-refractivity contribution in [1.82, 2.24) is 4.57 Å². The number of aromatic hydroxyl groups is 1. The normalized spacial score (nSPS) is 11.2. The predicted molar refractivity (Wildman–Crippen MR) is 90.1 cm³/mol. The molecule has 1 aromatic heterocycles. The van der Waals surface area contributed by atoms with E-state index in [9.17, 15) is 23.1 Å². The summed E-state index contributed by atoms with van der Waals surface area (Å²) in [6, 6.07) is 5.96. The Morgan fingerprint density at radius 1 is 1.04 bits per heavy atom. The highest BCUT2D eigenvalue weighted by Gasteiger charge is 2.16. The van der Waals surface area contributed by atoms with E-state index in [0.717, 1.165) is 25.0 Å². The molecule has 0 amide bonds. The molecule has 3 nitrogen and oxygen atoms in total. The summed E-state index contributed by atoms with van der Waals surface area (Å²) >= 11 is 0. The molecule has 0 aliphatic rings. The number of fused-ring (bicyclic) bond motifs is 1. The zero-order chi connectivity index (χ0) is 18.1. The van der Waals surface area contributed by atoms with E-state index in [1.54, 1.807) is 0 Å². The average molecular weight is 347 g/mol. The highest BCUT2D eigenvalue weighted by atomic mass is 19.2. The maximum Gasteiger partial charge on any atom is 0.258 e. The molecule has 2 aromatic carbocycles. The van der Waals surface area contributed by atoms with Gasteiger partial charge in [0.2, 0.25) is 0 Å². The molecule has 0 fully saturated rings. The minimum Gasteiger partial charge on any atom is -0.508 e. The van der Waals surface area contributed by atoms with Gasteiger partial charge in [0, 0.05) is 29.1 Å². The molecule has 0 bridgehead atoms. The van der Waals surface area contributed by atoms with Gasteiger partial charge in [-0.25, -0.2) is 13.2 Å². The van der Waals surface area contributed by atoms with Crippen molar-refractivity contribution in [1.29, 1.82) is 0 Å². The average Bonchev–Trinajstić information content (AvgIpc) is 2.58. The first-order valence-electron chi connectivity index (χ1n) is 7.93. The summed E-state index contributed by atoms with van der Waals surface area (Å²) in [5, 5.41) is 10.4. The number of aryl methyl sites for hydroxylation is 1. The lowest BCUT2D eigenvalue weighted by Gasteiger charge is -2.13. The third kappa shape index (κ3) is 3.12. The van der Waals surface area contributed by atoms with E-state index in [4.69, 9.17) is 0 Å². The number of nitrogens with zero attached hydrogens (tertiary/aromatic N) is 1. The molecular weight excluding hydrogens is 331 g/mol. The number of hydrogen-bond donors (Lipinski definition) is 1. The van der Waals surface area contributed by atoms with E-state index in [1.165, 1.54) is 29.0 Å². The van der Waals surface area contributed by atoms with Gasteiger partial charge < -0.3 is 9.67 Å². The van der Waals surface area contributed by atoms with E-state index in [0.29, 0.717) is 22.9 Å². The minimum absolute atomic E-state index is 0.0810. The standard InChI is InChI=1S/C19H16F3NO2/c1-2-3-6-23-10-15(11-7-16(20)18(22)17(21)8-11)14-9-12(24)4-5-13(14)19(23)25/h4-5,7-10,24H,2-3,6H2,1H3. The van der Waals surface area contributed by atoms with Gasteiger partial charge in [-0.15, -0.1) is 0 Å². The lowest BCUT2D eigenvalue weighted by atomic mass is 9.99. The number of phenolic OH excluding ortho intramolecular Hbond substituents is 1. The van der Waals surface area contributed by atoms with Crippen molar-refractivity contribution in [2.45, 2.75) is 26.3 Å². The Kier molecular flexibility index (Phi) is 4.53. The number of phenols is 1. The molecule has 0 saturated carbocycles. The summed E-state index contributed by atoms with van der Waals surface area (Å²) in [6.45, 7) is 2.43. The van der Waals surface area contributed by atoms with Crippen LogP contribution in [0.5, 0.6) is 5.75 Å². The van der Waals surface area contributed by atoms with Crippen molar-refractivity contribution in [3.05, 3.63) is 64.3 Å². The fourth-order valence-electron chi connectivity index (χ4n) is 2.82. The number of halogens is 3. The van der Waals surface area contributed by atoms with Crippen LogP contribution in [-0.4, -0.2) is 9.67 Å². The quantitative estimate of drug-likeness (QED) is 0.701. The number of pyridine rings is 1. The van der Waals surface area contributed by atoms with E-state index in [1.807, 2.05) is 6.92 Å². The van der Waals surface area contributed by atoms with Crippen LogP contribution >= 0.6 is 0 Å². The van der Waals surface area contributed by atoms with Gasteiger partial charge in [-0.05, 0) is 42.3 Å². The lowest BCUT2D eigenvalue weighted by Crippen LogP contribution is -2.20. The second-order valence-corrected chi connectivity index (χ2v) is 5.88. The van der Waals surface area contributed by atoms with Crippen LogP contribution in [0.25, 0.3) is 21.9 Å². The zero-order valence-electron chi connectivity index (χ0n) is 13.5. The number of rotatable bonds is 4. The third-order valence-corrected chi connectivity index (χ3v) is 4.12. The third-order valence-electron chi connectivity index (χ3n) is 4.12. The maximum absolute atomic E-state index is 13.7. The van der Waals surface area contributed by atoms with E-state index >= 15 is 0 Å². The Labute approximate surface area is 142 Å². The van der Waals surface area contributed by atoms with Crippen LogP contribution in [-0.2, 0) is 6.54 Å². The van der Waals surface area contributed by atoms with Crippen molar-refractivity contribution in [3.8, 4) is 16.9 Å². The minimum atomic E-state index is -1.55. The highest BCUT2D eigenvalue weighted by Crippen LogP contribution is 2.31. The number of aromatic nitrogens is 1. The van der Waals surface area contributed by atoms with Crippen molar-refractivity contribution >= 4 is 10.8 Å². The Bertz CT molecular complexity index is 988. The molecule has 0 saturated heterocycles. The monoisotopic (exact) mass is 347 g/mol. The SMILES string of the molecule is CCCCn1cc(-c2cc(F)c(F)c(F)c2)c2cc(O)ccc2c1=O. The number of hydrogen-bond acceptors (Lipinski definition) is 2. The predicted octanol–water partition coefficient (Wildman–Crippen LogP) is 4.59. The first-order chi connectivity index (χ1) is 11.9. The molecule has 130 valence electrons. The Morgan fingerprint density at radius 2 is 1.72 bits per heavy atom. The van der Waals surface area contributed by atoms with Crippen LogP contribution in [0, 0.1) is 17.5 Å². The van der Waals surface area contributed by atoms with Gasteiger partial charge in [0.25, 0.3) is 5.56 Å². The summed E-state index contributed by atoms with van der Waals surface area (Å²) in [5.74, 6) is -4.25. The van der Waals surface area contributed by atoms with Crippen LogP contribution < -0.4 is 5.56 Å². The van der Waals surface area contributed by atoms with Gasteiger partial charge in [0.1, 0.15) is 5.75 Å². The highest BCUT2D eigenvalue weighted by molar-refractivity contribution is 5.96. The molecule has 0 radical (unpaired) electrons. The number of benzene rings is 2. The molecule has 0 unspecified atom stereocenters. The lowest BCUT2D eigenvalue weighted by molar-refractivity contribution is 0.447. The molecular formula is C19H16F3NO2. The van der Waals surface area contributed by atoms with Crippen molar-refractivity contribution in [2.24, 2.45) is 0 Å². The fourth-order valence-corrected chi connectivity index (χ4v) is 2.82. The van der Waals surface area contributed by atoms with Crippen molar-refractivity contribution in [3.63, 3.8) is 0 Å². The molecule has 0 aliphatic carbocycles. The van der Waals surface area contributed by atoms with Crippen molar-refractivity contribution < 1.29 is 18.3 Å². The summed E-state index contributed by atoms with van der Waals surface area (Å²) in [6.07, 6.45) is 3.12. The maximum atomic E-state index is 13.7. The molecule has 1 heterocycles. The van der Waals surface area contributed by atoms with Crippen LogP contribution in [0.4, 0.5) is 13.2 Å². The topological polar surface area (TPSA) is 42.2 Å². The van der Waals surface area contributed by atoms with E-state index in [2.05, 4.69) is 0 Å². The Balaban J connectivity index is 2.34. The van der Waals surface area contributed by atoms with E-state index < -0.39 is 17.5 Å². The van der Waals surface area contributed by atoms with Gasteiger partial charge in [-0.2, -0.15) is 0 Å². The van der Waals surface area contributed by atoms with Gasteiger partial charge in [-0.3, -0.25) is 4.79 Å². The van der Waals surface area contributed by atoms with Crippen LogP contribution in [0.2, 0.25) is 0 Å². The molecule has 0 atom stereocenters. The van der Waals surface area contributed by atoms with E-state index in [-0.39, 0.29) is 16.9 Å². The second kappa shape index (κ2) is 6.63. The van der Waals surface area contributed by atoms with Gasteiger partial charge in [0.15, 0.2) is 17.5 Å². The molecule has 0 aliphatic heterocycles. The summed E-state index contributed by atoms with van der Waals surface area (Å²) in [7, 11) is 0. The molecule has 6 heteroatoms. The smallest absolute Gasteiger partial charge is 0.258 e. The molecule has 3 rings (SSSR count). The summed E-state index contributed by atoms with van der Waals surface area (Å²) < 4.78 is 42.0. The Hall–Kier alpha value is -2.76.